The molecule has 1 heterocycles. The van der Waals surface area contributed by atoms with Crippen LogP contribution in [0.4, 0.5) is 5.69 Å². The van der Waals surface area contributed by atoms with Crippen LogP contribution in [-0.2, 0) is 11.2 Å². The van der Waals surface area contributed by atoms with Gasteiger partial charge in [0.25, 0.3) is 5.56 Å². The molecule has 0 atom stereocenters. The average Bonchev–Trinajstić information content (AvgIpc) is 2.53. The third kappa shape index (κ3) is 5.11. The molecule has 0 saturated heterocycles. The van der Waals surface area contributed by atoms with E-state index in [2.05, 4.69) is 15.3 Å². The number of nitrogens with zero attached hydrogens (tertiary/aromatic N) is 2. The average molecular weight is 363 g/mol. The van der Waals surface area contributed by atoms with Crippen LogP contribution >= 0.6 is 23.4 Å². The molecule has 8 heteroatoms. The van der Waals surface area contributed by atoms with E-state index in [9.17, 15) is 9.59 Å². The van der Waals surface area contributed by atoms with E-state index in [4.69, 9.17) is 16.9 Å². The molecule has 124 valence electrons. The number of aryl methyl sites for hydroxylation is 1. The Hall–Kier alpha value is -2.30. The molecule has 1 aromatic carbocycles. The maximum Gasteiger partial charge on any atom is 0.251 e. The fourth-order valence-corrected chi connectivity index (χ4v) is 2.87. The number of aromatic nitrogens is 2. The Labute approximate surface area is 148 Å². The third-order valence-corrected chi connectivity index (χ3v) is 4.18. The largest absolute Gasteiger partial charge is 0.325 e. The lowest BCUT2D eigenvalue weighted by Gasteiger charge is -2.06. The van der Waals surface area contributed by atoms with Gasteiger partial charge in [0.1, 0.15) is 6.07 Å². The van der Waals surface area contributed by atoms with Gasteiger partial charge in [0.15, 0.2) is 5.16 Å². The molecule has 1 aromatic heterocycles. The number of hydrogen-bond acceptors (Lipinski definition) is 5. The van der Waals surface area contributed by atoms with Crippen LogP contribution < -0.4 is 10.9 Å². The van der Waals surface area contributed by atoms with Crippen LogP contribution in [0.3, 0.4) is 0 Å². The van der Waals surface area contributed by atoms with Crippen LogP contribution in [0.1, 0.15) is 24.6 Å². The fraction of sp³-hybridized carbons (Fsp3) is 0.250. The van der Waals surface area contributed by atoms with E-state index in [-0.39, 0.29) is 22.2 Å². The summed E-state index contributed by atoms with van der Waals surface area (Å²) in [7, 11) is 0. The van der Waals surface area contributed by atoms with E-state index in [0.29, 0.717) is 28.5 Å². The molecule has 0 aliphatic carbocycles. The molecule has 2 N–H and O–H groups in total. The van der Waals surface area contributed by atoms with Crippen molar-refractivity contribution in [1.82, 2.24) is 9.97 Å². The minimum atomic E-state index is -0.260. The number of nitrogens with one attached hydrogen (secondary N) is 2. The normalized spacial score (nSPS) is 10.2. The van der Waals surface area contributed by atoms with Gasteiger partial charge in [-0.2, -0.15) is 5.26 Å². The fourth-order valence-electron chi connectivity index (χ4n) is 1.95. The van der Waals surface area contributed by atoms with E-state index in [0.717, 1.165) is 18.2 Å². The second kappa shape index (κ2) is 8.52. The number of anilines is 1. The van der Waals surface area contributed by atoms with Crippen LogP contribution in [0.2, 0.25) is 5.02 Å². The molecule has 1 amide bonds. The second-order valence-corrected chi connectivity index (χ2v) is 6.31. The Morgan fingerprint density at radius 2 is 2.25 bits per heavy atom. The van der Waals surface area contributed by atoms with Crippen LogP contribution in [-0.4, -0.2) is 21.6 Å². The van der Waals surface area contributed by atoms with Crippen molar-refractivity contribution in [2.75, 3.05) is 11.1 Å². The number of carbonyl (C=O) groups is 1. The summed E-state index contributed by atoms with van der Waals surface area (Å²) >= 11 is 7.07. The highest BCUT2D eigenvalue weighted by Crippen LogP contribution is 2.20. The SMILES string of the molecule is CCCc1cc(=O)[nH]c(SCC(=O)Nc2ccc(C#N)c(Cl)c2)n1. The summed E-state index contributed by atoms with van der Waals surface area (Å²) in [5.41, 5.74) is 1.34. The van der Waals surface area contributed by atoms with E-state index in [1.54, 1.807) is 12.1 Å². The summed E-state index contributed by atoms with van der Waals surface area (Å²) in [4.78, 5) is 30.5. The van der Waals surface area contributed by atoms with Gasteiger partial charge in [0.2, 0.25) is 5.91 Å². The highest BCUT2D eigenvalue weighted by atomic mass is 35.5. The van der Waals surface area contributed by atoms with Gasteiger partial charge in [-0.3, -0.25) is 9.59 Å². The van der Waals surface area contributed by atoms with Crippen molar-refractivity contribution < 1.29 is 4.79 Å². The number of halogens is 1. The first-order valence-corrected chi connectivity index (χ1v) is 8.60. The van der Waals surface area contributed by atoms with Crippen molar-refractivity contribution in [1.29, 1.82) is 5.26 Å². The molecule has 0 aliphatic heterocycles. The summed E-state index contributed by atoms with van der Waals surface area (Å²) in [6.07, 6.45) is 1.61. The highest BCUT2D eigenvalue weighted by molar-refractivity contribution is 7.99. The molecule has 0 bridgehead atoms. The van der Waals surface area contributed by atoms with Gasteiger partial charge in [-0.15, -0.1) is 0 Å². The zero-order chi connectivity index (χ0) is 17.5. The molecule has 0 spiro atoms. The zero-order valence-corrected chi connectivity index (χ0v) is 14.5. The predicted molar refractivity (Wildman–Crippen MR) is 94.4 cm³/mol. The summed E-state index contributed by atoms with van der Waals surface area (Å²) in [5.74, 6) is -0.166. The molecule has 0 fully saturated rings. The van der Waals surface area contributed by atoms with Gasteiger partial charge in [0.05, 0.1) is 16.3 Å². The first-order chi connectivity index (χ1) is 11.5. The van der Waals surface area contributed by atoms with Crippen molar-refractivity contribution in [3.8, 4) is 6.07 Å². The van der Waals surface area contributed by atoms with E-state index in [1.165, 1.54) is 12.1 Å². The molecule has 0 unspecified atom stereocenters. The van der Waals surface area contributed by atoms with Crippen molar-refractivity contribution in [2.45, 2.75) is 24.9 Å². The molecular weight excluding hydrogens is 348 g/mol. The van der Waals surface area contributed by atoms with E-state index >= 15 is 0 Å². The minimum absolute atomic E-state index is 0.0934. The summed E-state index contributed by atoms with van der Waals surface area (Å²) in [6.45, 7) is 2.01. The summed E-state index contributed by atoms with van der Waals surface area (Å²) in [5, 5.41) is 12.2. The predicted octanol–water partition coefficient (Wildman–Crippen LogP) is 2.98. The van der Waals surface area contributed by atoms with Gasteiger partial charge < -0.3 is 10.3 Å². The minimum Gasteiger partial charge on any atom is -0.325 e. The zero-order valence-electron chi connectivity index (χ0n) is 12.9. The monoisotopic (exact) mass is 362 g/mol. The Morgan fingerprint density at radius 1 is 1.46 bits per heavy atom. The number of rotatable bonds is 6. The summed E-state index contributed by atoms with van der Waals surface area (Å²) in [6, 6.07) is 8.08. The summed E-state index contributed by atoms with van der Waals surface area (Å²) < 4.78 is 0. The number of hydrogen-bond donors (Lipinski definition) is 2. The number of aromatic amines is 1. The number of nitriles is 1. The lowest BCUT2D eigenvalue weighted by atomic mass is 10.2. The maximum absolute atomic E-state index is 12.0. The molecule has 6 nitrogen and oxygen atoms in total. The van der Waals surface area contributed by atoms with Crippen LogP contribution in [0.25, 0.3) is 0 Å². The number of H-pyrrole nitrogens is 1. The number of amides is 1. The van der Waals surface area contributed by atoms with Crippen LogP contribution in [0.5, 0.6) is 0 Å². The molecule has 2 rings (SSSR count). The van der Waals surface area contributed by atoms with Gasteiger partial charge in [-0.05, 0) is 24.6 Å². The first kappa shape index (κ1) is 18.0. The molecule has 24 heavy (non-hydrogen) atoms. The Bertz CT molecular complexity index is 845. The Morgan fingerprint density at radius 3 is 2.92 bits per heavy atom. The van der Waals surface area contributed by atoms with Crippen molar-refractivity contribution in [2.24, 2.45) is 0 Å². The maximum atomic E-state index is 12.0. The van der Waals surface area contributed by atoms with Gasteiger partial charge in [0, 0.05) is 17.4 Å². The highest BCUT2D eigenvalue weighted by Gasteiger charge is 2.08. The number of benzene rings is 1. The van der Waals surface area contributed by atoms with Gasteiger partial charge in [-0.25, -0.2) is 4.98 Å². The van der Waals surface area contributed by atoms with Crippen molar-refractivity contribution in [3.05, 3.63) is 50.9 Å². The van der Waals surface area contributed by atoms with Gasteiger partial charge in [-0.1, -0.05) is 36.7 Å². The van der Waals surface area contributed by atoms with Gasteiger partial charge >= 0.3 is 0 Å². The standard InChI is InChI=1S/C16H15ClN4O2S/c1-2-3-11-7-14(22)21-16(20-11)24-9-15(23)19-12-5-4-10(8-18)13(17)6-12/h4-7H,2-3,9H2,1H3,(H,19,23)(H,20,21,22). The molecule has 0 aliphatic rings. The second-order valence-electron chi connectivity index (χ2n) is 4.94. The first-order valence-electron chi connectivity index (χ1n) is 7.24. The Kier molecular flexibility index (Phi) is 6.41. The van der Waals surface area contributed by atoms with Crippen molar-refractivity contribution in [3.63, 3.8) is 0 Å². The van der Waals surface area contributed by atoms with E-state index < -0.39 is 0 Å². The van der Waals surface area contributed by atoms with E-state index in [1.807, 2.05) is 13.0 Å². The smallest absolute Gasteiger partial charge is 0.251 e. The van der Waals surface area contributed by atoms with Crippen molar-refractivity contribution >= 4 is 35.0 Å². The van der Waals surface area contributed by atoms with Crippen LogP contribution in [0.15, 0.2) is 34.2 Å². The Balaban J connectivity index is 1.97. The molecule has 2 aromatic rings. The third-order valence-electron chi connectivity index (χ3n) is 2.99. The topological polar surface area (TPSA) is 98.6 Å². The molecular formula is C16H15ClN4O2S. The quantitative estimate of drug-likeness (QED) is 0.608. The lowest BCUT2D eigenvalue weighted by Crippen LogP contribution is -2.16. The number of carbonyl (C=O) groups excluding carboxylic acids is 1. The number of thioether (sulfide) groups is 1. The lowest BCUT2D eigenvalue weighted by molar-refractivity contribution is -0.113. The van der Waals surface area contributed by atoms with Crippen LogP contribution in [0, 0.1) is 11.3 Å². The molecule has 0 radical (unpaired) electrons. The molecule has 0 saturated carbocycles.